The zero-order valence-electron chi connectivity index (χ0n) is 4.43. The third-order valence-electron chi connectivity index (χ3n) is 0.772. The Morgan fingerprint density at radius 3 is 2.43 bits per heavy atom. The third kappa shape index (κ3) is 3.49. The fraction of sp³-hybridized carbons (Fsp3) is 0.600. The predicted octanol–water partition coefficient (Wildman–Crippen LogP) is -0.151. The van der Waals surface area contributed by atoms with Crippen LogP contribution in [0.4, 0.5) is 0 Å². The molecular formula is C5H12N2. The molecule has 0 saturated carbocycles. The maximum atomic E-state index is 5.39. The molecule has 0 radical (unpaired) electrons. The van der Waals surface area contributed by atoms with Crippen molar-refractivity contribution in [3.63, 3.8) is 0 Å². The summed E-state index contributed by atoms with van der Waals surface area (Å²) in [7, 11) is 0. The molecule has 0 aromatic carbocycles. The summed E-state index contributed by atoms with van der Waals surface area (Å²) in [4.78, 5) is 0. The molecule has 0 spiro atoms. The number of nitrogens with two attached hydrogens (primary N) is 2. The van der Waals surface area contributed by atoms with Gasteiger partial charge in [0.1, 0.15) is 0 Å². The summed E-state index contributed by atoms with van der Waals surface area (Å²) in [5, 5.41) is 0. The van der Waals surface area contributed by atoms with Crippen LogP contribution < -0.4 is 11.5 Å². The Hall–Kier alpha value is -0.340. The van der Waals surface area contributed by atoms with Gasteiger partial charge in [-0.2, -0.15) is 0 Å². The fourth-order valence-corrected chi connectivity index (χ4v) is 0.310. The van der Waals surface area contributed by atoms with E-state index in [2.05, 4.69) is 6.58 Å². The van der Waals surface area contributed by atoms with Crippen LogP contribution in [-0.2, 0) is 0 Å². The van der Waals surface area contributed by atoms with Crippen molar-refractivity contribution >= 4 is 0 Å². The predicted molar refractivity (Wildman–Crippen MR) is 31.8 cm³/mol. The van der Waals surface area contributed by atoms with Crippen molar-refractivity contribution < 1.29 is 0 Å². The molecule has 1 unspecified atom stereocenters. The molecule has 0 amide bonds. The van der Waals surface area contributed by atoms with E-state index in [9.17, 15) is 0 Å². The summed E-state index contributed by atoms with van der Waals surface area (Å²) in [5.41, 5.74) is 10.6. The normalized spacial score (nSPS) is 13.4. The van der Waals surface area contributed by atoms with E-state index < -0.39 is 0 Å². The quantitative estimate of drug-likeness (QED) is 0.484. The van der Waals surface area contributed by atoms with Gasteiger partial charge in [0.25, 0.3) is 0 Å². The van der Waals surface area contributed by atoms with Crippen LogP contribution >= 0.6 is 0 Å². The summed E-state index contributed by atoms with van der Waals surface area (Å²) < 4.78 is 0. The van der Waals surface area contributed by atoms with Crippen molar-refractivity contribution in [2.75, 3.05) is 6.54 Å². The molecule has 0 saturated heterocycles. The van der Waals surface area contributed by atoms with Crippen LogP contribution in [0.15, 0.2) is 12.7 Å². The van der Waals surface area contributed by atoms with Crippen LogP contribution in [0.2, 0.25) is 0 Å². The van der Waals surface area contributed by atoms with Gasteiger partial charge in [-0.25, -0.2) is 0 Å². The van der Waals surface area contributed by atoms with Crippen molar-refractivity contribution in [1.29, 1.82) is 0 Å². The average Bonchev–Trinajstić information content (AvgIpc) is 1.68. The Balaban J connectivity index is 2.98. The number of hydrogen-bond acceptors (Lipinski definition) is 2. The lowest BCUT2D eigenvalue weighted by Gasteiger charge is -2.00. The van der Waals surface area contributed by atoms with Gasteiger partial charge in [-0.05, 0) is 6.42 Å². The molecular weight excluding hydrogens is 88.1 g/mol. The zero-order valence-corrected chi connectivity index (χ0v) is 4.43. The van der Waals surface area contributed by atoms with E-state index in [1.54, 1.807) is 6.08 Å². The molecule has 4 N–H and O–H groups in total. The van der Waals surface area contributed by atoms with Gasteiger partial charge in [-0.15, -0.1) is 6.58 Å². The Morgan fingerprint density at radius 2 is 2.29 bits per heavy atom. The van der Waals surface area contributed by atoms with Crippen molar-refractivity contribution in [1.82, 2.24) is 0 Å². The van der Waals surface area contributed by atoms with Gasteiger partial charge < -0.3 is 11.5 Å². The van der Waals surface area contributed by atoms with Crippen LogP contribution in [0.1, 0.15) is 6.42 Å². The van der Waals surface area contributed by atoms with E-state index in [4.69, 9.17) is 11.5 Å². The Bertz CT molecular complexity index is 52.0. The van der Waals surface area contributed by atoms with Crippen LogP contribution in [0.25, 0.3) is 0 Å². The van der Waals surface area contributed by atoms with Crippen LogP contribution in [0, 0.1) is 0 Å². The molecule has 0 aromatic heterocycles. The molecule has 2 nitrogen and oxygen atoms in total. The summed E-state index contributed by atoms with van der Waals surface area (Å²) in [6.45, 7) is 4.06. The topological polar surface area (TPSA) is 52.0 Å². The summed E-state index contributed by atoms with van der Waals surface area (Å²) >= 11 is 0. The second kappa shape index (κ2) is 3.84. The molecule has 0 bridgehead atoms. The minimum Gasteiger partial charge on any atom is -0.329 e. The van der Waals surface area contributed by atoms with Crippen LogP contribution in [0.5, 0.6) is 0 Å². The minimum absolute atomic E-state index is 0.109. The van der Waals surface area contributed by atoms with Crippen LogP contribution in [-0.4, -0.2) is 12.6 Å². The average molecular weight is 100 g/mol. The van der Waals surface area contributed by atoms with Crippen molar-refractivity contribution in [3.8, 4) is 0 Å². The van der Waals surface area contributed by atoms with E-state index in [1.807, 2.05) is 0 Å². The molecule has 7 heavy (non-hydrogen) atoms. The highest BCUT2D eigenvalue weighted by molar-refractivity contribution is 4.75. The number of hydrogen-bond donors (Lipinski definition) is 2. The van der Waals surface area contributed by atoms with E-state index in [1.165, 1.54) is 0 Å². The second-order valence-corrected chi connectivity index (χ2v) is 1.52. The zero-order chi connectivity index (χ0) is 5.70. The smallest absolute Gasteiger partial charge is 0.0197 e. The van der Waals surface area contributed by atoms with Gasteiger partial charge in [-0.1, -0.05) is 6.08 Å². The monoisotopic (exact) mass is 100 g/mol. The van der Waals surface area contributed by atoms with E-state index in [0.29, 0.717) is 6.54 Å². The highest BCUT2D eigenvalue weighted by Gasteiger charge is 1.90. The lowest BCUT2D eigenvalue weighted by Crippen LogP contribution is -2.28. The first-order chi connectivity index (χ1) is 3.31. The minimum atomic E-state index is 0.109. The molecule has 0 aliphatic heterocycles. The summed E-state index contributed by atoms with van der Waals surface area (Å²) in [5.74, 6) is 0. The molecule has 0 fully saturated rings. The molecule has 0 aliphatic carbocycles. The lowest BCUT2D eigenvalue weighted by atomic mass is 10.2. The van der Waals surface area contributed by atoms with Crippen molar-refractivity contribution in [2.24, 2.45) is 11.5 Å². The SMILES string of the molecule is C=CCC(N)CN. The largest absolute Gasteiger partial charge is 0.329 e. The van der Waals surface area contributed by atoms with Crippen LogP contribution in [0.3, 0.4) is 0 Å². The Morgan fingerprint density at radius 1 is 1.71 bits per heavy atom. The van der Waals surface area contributed by atoms with Gasteiger partial charge >= 0.3 is 0 Å². The second-order valence-electron chi connectivity index (χ2n) is 1.52. The van der Waals surface area contributed by atoms with Gasteiger partial charge in [0, 0.05) is 12.6 Å². The van der Waals surface area contributed by atoms with Gasteiger partial charge in [0.2, 0.25) is 0 Å². The molecule has 1 atom stereocenters. The molecule has 0 rings (SSSR count). The Kier molecular flexibility index (Phi) is 3.65. The first kappa shape index (κ1) is 6.66. The first-order valence-corrected chi connectivity index (χ1v) is 2.37. The Labute approximate surface area is 44.2 Å². The maximum Gasteiger partial charge on any atom is 0.0197 e. The summed E-state index contributed by atoms with van der Waals surface area (Å²) in [6.07, 6.45) is 2.59. The van der Waals surface area contributed by atoms with Crippen molar-refractivity contribution in [3.05, 3.63) is 12.7 Å². The highest BCUT2D eigenvalue weighted by atomic mass is 14.7. The molecule has 0 aliphatic rings. The molecule has 42 valence electrons. The summed E-state index contributed by atoms with van der Waals surface area (Å²) in [6, 6.07) is 0.109. The third-order valence-corrected chi connectivity index (χ3v) is 0.772. The fourth-order valence-electron chi connectivity index (χ4n) is 0.310. The standard InChI is InChI=1S/C5H12N2/c1-2-3-5(7)4-6/h2,5H,1,3-4,6-7H2. The van der Waals surface area contributed by atoms with Gasteiger partial charge in [0.15, 0.2) is 0 Å². The van der Waals surface area contributed by atoms with Gasteiger partial charge in [-0.3, -0.25) is 0 Å². The lowest BCUT2D eigenvalue weighted by molar-refractivity contribution is 0.694. The van der Waals surface area contributed by atoms with E-state index in [-0.39, 0.29) is 6.04 Å². The molecule has 0 aromatic rings. The van der Waals surface area contributed by atoms with Crippen molar-refractivity contribution in [2.45, 2.75) is 12.5 Å². The first-order valence-electron chi connectivity index (χ1n) is 2.37. The maximum absolute atomic E-state index is 5.39. The number of rotatable bonds is 3. The molecule has 0 heterocycles. The highest BCUT2D eigenvalue weighted by Crippen LogP contribution is 1.82. The van der Waals surface area contributed by atoms with E-state index in [0.717, 1.165) is 6.42 Å². The van der Waals surface area contributed by atoms with Gasteiger partial charge in [0.05, 0.1) is 0 Å². The van der Waals surface area contributed by atoms with E-state index >= 15 is 0 Å². The molecule has 2 heteroatoms.